The standard InChI is InChI=1S/C10H14FIN2/c1-3-4-14(2)10-5-7(11)8(12)6-9(10)13/h5-6H,3-4,13H2,1-2H3. The number of nitrogens with zero attached hydrogens (tertiary/aromatic N) is 1. The van der Waals surface area contributed by atoms with Crippen molar-refractivity contribution < 1.29 is 4.39 Å². The summed E-state index contributed by atoms with van der Waals surface area (Å²) in [5.74, 6) is -0.210. The summed E-state index contributed by atoms with van der Waals surface area (Å²) in [4.78, 5) is 1.97. The number of rotatable bonds is 3. The van der Waals surface area contributed by atoms with Crippen molar-refractivity contribution in [1.82, 2.24) is 0 Å². The van der Waals surface area contributed by atoms with E-state index in [9.17, 15) is 4.39 Å². The van der Waals surface area contributed by atoms with Crippen LogP contribution in [0.3, 0.4) is 0 Å². The Bertz CT molecular complexity index is 328. The Labute approximate surface area is 97.4 Å². The van der Waals surface area contributed by atoms with Crippen LogP contribution in [0.25, 0.3) is 0 Å². The van der Waals surface area contributed by atoms with Crippen molar-refractivity contribution in [1.29, 1.82) is 0 Å². The molecule has 0 bridgehead atoms. The summed E-state index contributed by atoms with van der Waals surface area (Å²) in [6, 6.07) is 3.16. The van der Waals surface area contributed by atoms with Crippen LogP contribution in [-0.2, 0) is 0 Å². The Balaban J connectivity index is 3.02. The molecule has 0 spiro atoms. The second kappa shape index (κ2) is 4.82. The van der Waals surface area contributed by atoms with Crippen LogP contribution in [-0.4, -0.2) is 13.6 Å². The number of halogens is 2. The Morgan fingerprint density at radius 3 is 2.71 bits per heavy atom. The Morgan fingerprint density at radius 1 is 1.50 bits per heavy atom. The summed E-state index contributed by atoms with van der Waals surface area (Å²) in [6.45, 7) is 2.96. The quantitative estimate of drug-likeness (QED) is 0.687. The molecule has 0 heterocycles. The smallest absolute Gasteiger partial charge is 0.138 e. The molecular weight excluding hydrogens is 294 g/mol. The van der Waals surface area contributed by atoms with Gasteiger partial charge >= 0.3 is 0 Å². The van der Waals surface area contributed by atoms with Crippen molar-refractivity contribution in [3.8, 4) is 0 Å². The van der Waals surface area contributed by atoms with Crippen molar-refractivity contribution in [2.45, 2.75) is 13.3 Å². The SMILES string of the molecule is CCCN(C)c1cc(F)c(I)cc1N. The molecule has 1 rings (SSSR count). The molecule has 78 valence electrons. The molecule has 0 aliphatic heterocycles. The maximum atomic E-state index is 13.3. The van der Waals surface area contributed by atoms with E-state index >= 15 is 0 Å². The van der Waals surface area contributed by atoms with Crippen LogP contribution < -0.4 is 10.6 Å². The molecule has 0 fully saturated rings. The average Bonchev–Trinajstić information content (AvgIpc) is 2.11. The van der Waals surface area contributed by atoms with Gasteiger partial charge in [0.15, 0.2) is 0 Å². The van der Waals surface area contributed by atoms with Gasteiger partial charge in [-0.05, 0) is 35.1 Å². The van der Waals surface area contributed by atoms with Gasteiger partial charge in [0, 0.05) is 19.7 Å². The highest BCUT2D eigenvalue weighted by atomic mass is 127. The summed E-state index contributed by atoms with van der Waals surface area (Å²) < 4.78 is 13.8. The van der Waals surface area contributed by atoms with Crippen LogP contribution in [0.4, 0.5) is 15.8 Å². The molecule has 0 radical (unpaired) electrons. The molecule has 0 amide bonds. The second-order valence-corrected chi connectivity index (χ2v) is 4.41. The topological polar surface area (TPSA) is 29.3 Å². The third-order valence-corrected chi connectivity index (χ3v) is 2.87. The molecule has 2 N–H and O–H groups in total. The van der Waals surface area contributed by atoms with Gasteiger partial charge in [0.05, 0.1) is 14.9 Å². The molecule has 0 saturated heterocycles. The summed E-state index contributed by atoms with van der Waals surface area (Å²) in [6.07, 6.45) is 1.02. The maximum absolute atomic E-state index is 13.3. The van der Waals surface area contributed by atoms with Crippen LogP contribution in [0.1, 0.15) is 13.3 Å². The number of nitrogens with two attached hydrogens (primary N) is 1. The lowest BCUT2D eigenvalue weighted by Crippen LogP contribution is -2.19. The molecule has 1 aromatic carbocycles. The third-order valence-electron chi connectivity index (χ3n) is 2.04. The van der Waals surface area contributed by atoms with Gasteiger partial charge in [-0.15, -0.1) is 0 Å². The fourth-order valence-corrected chi connectivity index (χ4v) is 1.83. The number of hydrogen-bond acceptors (Lipinski definition) is 2. The number of benzene rings is 1. The number of anilines is 2. The van der Waals surface area contributed by atoms with Gasteiger partial charge < -0.3 is 10.6 Å². The van der Waals surface area contributed by atoms with E-state index in [0.717, 1.165) is 18.7 Å². The van der Waals surface area contributed by atoms with Gasteiger partial charge in [-0.25, -0.2) is 4.39 Å². The van der Waals surface area contributed by atoms with E-state index in [2.05, 4.69) is 6.92 Å². The minimum Gasteiger partial charge on any atom is -0.397 e. The van der Waals surface area contributed by atoms with Gasteiger partial charge in [0.1, 0.15) is 5.82 Å². The number of nitrogen functional groups attached to an aromatic ring is 1. The predicted molar refractivity (Wildman–Crippen MR) is 67.1 cm³/mol. The monoisotopic (exact) mass is 308 g/mol. The summed E-state index contributed by atoms with van der Waals surface area (Å²) >= 11 is 1.94. The van der Waals surface area contributed by atoms with Crippen molar-refractivity contribution in [3.63, 3.8) is 0 Å². The molecule has 4 heteroatoms. The highest BCUT2D eigenvalue weighted by Gasteiger charge is 2.08. The fraction of sp³-hybridized carbons (Fsp3) is 0.400. The highest BCUT2D eigenvalue weighted by Crippen LogP contribution is 2.26. The minimum absolute atomic E-state index is 0.210. The molecule has 14 heavy (non-hydrogen) atoms. The average molecular weight is 308 g/mol. The van der Waals surface area contributed by atoms with E-state index in [1.54, 1.807) is 6.07 Å². The molecule has 0 aliphatic carbocycles. The Kier molecular flexibility index (Phi) is 3.97. The first-order valence-corrected chi connectivity index (χ1v) is 5.59. The van der Waals surface area contributed by atoms with Crippen LogP contribution in [0.5, 0.6) is 0 Å². The fourth-order valence-electron chi connectivity index (χ4n) is 1.34. The molecule has 0 aromatic heterocycles. The van der Waals surface area contributed by atoms with E-state index in [-0.39, 0.29) is 5.82 Å². The second-order valence-electron chi connectivity index (χ2n) is 3.25. The lowest BCUT2D eigenvalue weighted by molar-refractivity contribution is 0.620. The van der Waals surface area contributed by atoms with Crippen molar-refractivity contribution in [2.24, 2.45) is 0 Å². The van der Waals surface area contributed by atoms with Crippen molar-refractivity contribution in [3.05, 3.63) is 21.5 Å². The van der Waals surface area contributed by atoms with Crippen LogP contribution in [0.2, 0.25) is 0 Å². The zero-order valence-electron chi connectivity index (χ0n) is 8.35. The van der Waals surface area contributed by atoms with Crippen LogP contribution in [0.15, 0.2) is 12.1 Å². The van der Waals surface area contributed by atoms with Gasteiger partial charge in [-0.2, -0.15) is 0 Å². The van der Waals surface area contributed by atoms with Gasteiger partial charge in [-0.3, -0.25) is 0 Å². The molecular formula is C10H14FIN2. The lowest BCUT2D eigenvalue weighted by Gasteiger charge is -2.20. The number of hydrogen-bond donors (Lipinski definition) is 1. The van der Waals surface area contributed by atoms with E-state index in [0.29, 0.717) is 9.26 Å². The summed E-state index contributed by atoms with van der Waals surface area (Å²) in [5.41, 5.74) is 7.21. The van der Waals surface area contributed by atoms with E-state index in [4.69, 9.17) is 5.73 Å². The summed E-state index contributed by atoms with van der Waals surface area (Å²) in [5, 5.41) is 0. The van der Waals surface area contributed by atoms with Gasteiger partial charge in [0.2, 0.25) is 0 Å². The molecule has 0 aliphatic rings. The molecule has 0 atom stereocenters. The van der Waals surface area contributed by atoms with Crippen molar-refractivity contribution >= 4 is 34.0 Å². The zero-order valence-corrected chi connectivity index (χ0v) is 10.5. The molecule has 2 nitrogen and oxygen atoms in total. The normalized spacial score (nSPS) is 10.3. The summed E-state index contributed by atoms with van der Waals surface area (Å²) in [7, 11) is 1.92. The van der Waals surface area contributed by atoms with Crippen LogP contribution >= 0.6 is 22.6 Å². The molecule has 0 saturated carbocycles. The first kappa shape index (κ1) is 11.6. The van der Waals surface area contributed by atoms with Crippen molar-refractivity contribution in [2.75, 3.05) is 24.2 Å². The van der Waals surface area contributed by atoms with E-state index in [1.807, 2.05) is 34.5 Å². The molecule has 1 aromatic rings. The van der Waals surface area contributed by atoms with Gasteiger partial charge in [-0.1, -0.05) is 6.92 Å². The first-order chi connectivity index (χ1) is 6.56. The third kappa shape index (κ3) is 2.50. The molecule has 0 unspecified atom stereocenters. The van der Waals surface area contributed by atoms with E-state index < -0.39 is 0 Å². The minimum atomic E-state index is -0.210. The zero-order chi connectivity index (χ0) is 10.7. The largest absolute Gasteiger partial charge is 0.397 e. The Morgan fingerprint density at radius 2 is 2.14 bits per heavy atom. The lowest BCUT2D eigenvalue weighted by atomic mass is 10.2. The first-order valence-electron chi connectivity index (χ1n) is 4.52. The predicted octanol–water partition coefficient (Wildman–Crippen LogP) is 2.86. The van der Waals surface area contributed by atoms with E-state index in [1.165, 1.54) is 6.07 Å². The highest BCUT2D eigenvalue weighted by molar-refractivity contribution is 14.1. The van der Waals surface area contributed by atoms with Gasteiger partial charge in [0.25, 0.3) is 0 Å². The van der Waals surface area contributed by atoms with Crippen LogP contribution in [0, 0.1) is 9.39 Å². The maximum Gasteiger partial charge on any atom is 0.138 e. The Hall–Kier alpha value is -0.520.